The predicted molar refractivity (Wildman–Crippen MR) is 80.6 cm³/mol. The number of aliphatic hydroxyl groups excluding tert-OH is 1. The van der Waals surface area contributed by atoms with Crippen molar-refractivity contribution in [3.05, 3.63) is 70.3 Å². The fraction of sp³-hybridized carbons (Fsp3) is 0.333. The van der Waals surface area contributed by atoms with Crippen LogP contribution in [0.2, 0.25) is 0 Å². The van der Waals surface area contributed by atoms with Gasteiger partial charge in [-0.3, -0.25) is 0 Å². The molecule has 1 atom stereocenters. The molecule has 0 saturated carbocycles. The molecule has 2 aromatic carbocycles. The van der Waals surface area contributed by atoms with E-state index in [4.69, 9.17) is 0 Å². The van der Waals surface area contributed by atoms with Crippen molar-refractivity contribution in [2.45, 2.75) is 33.1 Å². The molecule has 0 aliphatic carbocycles. The SMILES string of the molecule is Cc1ccc(C)c(CC(CO)c2ccccc2C)c1. The van der Waals surface area contributed by atoms with Crippen LogP contribution in [0.5, 0.6) is 0 Å². The van der Waals surface area contributed by atoms with Crippen molar-refractivity contribution in [1.29, 1.82) is 0 Å². The van der Waals surface area contributed by atoms with Gasteiger partial charge in [-0.05, 0) is 49.4 Å². The number of aliphatic hydroxyl groups is 1. The summed E-state index contributed by atoms with van der Waals surface area (Å²) in [5, 5.41) is 9.73. The Morgan fingerprint density at radius 3 is 2.37 bits per heavy atom. The molecule has 2 rings (SSSR count). The van der Waals surface area contributed by atoms with Crippen molar-refractivity contribution in [2.24, 2.45) is 0 Å². The van der Waals surface area contributed by atoms with Gasteiger partial charge in [0.15, 0.2) is 0 Å². The van der Waals surface area contributed by atoms with E-state index in [0.29, 0.717) is 0 Å². The molecule has 0 aliphatic rings. The highest BCUT2D eigenvalue weighted by Gasteiger charge is 2.14. The van der Waals surface area contributed by atoms with Crippen LogP contribution in [0.3, 0.4) is 0 Å². The first kappa shape index (κ1) is 13.8. The molecule has 0 bridgehead atoms. The lowest BCUT2D eigenvalue weighted by atomic mass is 9.88. The highest BCUT2D eigenvalue weighted by molar-refractivity contribution is 5.35. The Morgan fingerprint density at radius 2 is 1.68 bits per heavy atom. The first-order valence-electron chi connectivity index (χ1n) is 6.84. The van der Waals surface area contributed by atoms with Gasteiger partial charge in [0.25, 0.3) is 0 Å². The number of rotatable bonds is 4. The topological polar surface area (TPSA) is 20.2 Å². The van der Waals surface area contributed by atoms with E-state index in [1.54, 1.807) is 0 Å². The van der Waals surface area contributed by atoms with Crippen molar-refractivity contribution in [3.8, 4) is 0 Å². The molecule has 0 heterocycles. The van der Waals surface area contributed by atoms with Gasteiger partial charge in [-0.25, -0.2) is 0 Å². The molecule has 0 saturated heterocycles. The third kappa shape index (κ3) is 3.24. The van der Waals surface area contributed by atoms with Gasteiger partial charge in [-0.1, -0.05) is 48.0 Å². The van der Waals surface area contributed by atoms with Crippen molar-refractivity contribution in [1.82, 2.24) is 0 Å². The minimum Gasteiger partial charge on any atom is -0.396 e. The fourth-order valence-electron chi connectivity index (χ4n) is 2.60. The zero-order valence-corrected chi connectivity index (χ0v) is 12.0. The molecule has 0 aromatic heterocycles. The summed E-state index contributed by atoms with van der Waals surface area (Å²) in [5.41, 5.74) is 6.43. The van der Waals surface area contributed by atoms with E-state index in [-0.39, 0.29) is 12.5 Å². The molecule has 19 heavy (non-hydrogen) atoms. The van der Waals surface area contributed by atoms with E-state index in [9.17, 15) is 5.11 Å². The maximum atomic E-state index is 9.73. The number of aryl methyl sites for hydroxylation is 3. The van der Waals surface area contributed by atoms with Gasteiger partial charge < -0.3 is 5.11 Å². The third-order valence-electron chi connectivity index (χ3n) is 3.82. The van der Waals surface area contributed by atoms with E-state index in [2.05, 4.69) is 51.1 Å². The summed E-state index contributed by atoms with van der Waals surface area (Å²) in [6, 6.07) is 14.9. The normalized spacial score (nSPS) is 12.4. The van der Waals surface area contributed by atoms with Crippen LogP contribution in [0.1, 0.15) is 33.7 Å². The van der Waals surface area contributed by atoms with Gasteiger partial charge >= 0.3 is 0 Å². The zero-order valence-electron chi connectivity index (χ0n) is 12.0. The van der Waals surface area contributed by atoms with Crippen LogP contribution in [0.15, 0.2) is 42.5 Å². The molecule has 1 N–H and O–H groups in total. The van der Waals surface area contributed by atoms with Crippen LogP contribution in [0.4, 0.5) is 0 Å². The van der Waals surface area contributed by atoms with Crippen molar-refractivity contribution < 1.29 is 5.11 Å². The molecule has 0 radical (unpaired) electrons. The quantitative estimate of drug-likeness (QED) is 0.876. The molecule has 0 amide bonds. The van der Waals surface area contributed by atoms with E-state index in [0.717, 1.165) is 6.42 Å². The van der Waals surface area contributed by atoms with Crippen molar-refractivity contribution in [2.75, 3.05) is 6.61 Å². The van der Waals surface area contributed by atoms with Crippen LogP contribution in [0, 0.1) is 20.8 Å². The summed E-state index contributed by atoms with van der Waals surface area (Å²) < 4.78 is 0. The van der Waals surface area contributed by atoms with E-state index >= 15 is 0 Å². The van der Waals surface area contributed by atoms with Crippen LogP contribution >= 0.6 is 0 Å². The van der Waals surface area contributed by atoms with Gasteiger partial charge in [0.1, 0.15) is 0 Å². The van der Waals surface area contributed by atoms with E-state index in [1.807, 2.05) is 12.1 Å². The molecular formula is C18H22O. The van der Waals surface area contributed by atoms with Crippen LogP contribution in [-0.2, 0) is 6.42 Å². The third-order valence-corrected chi connectivity index (χ3v) is 3.82. The zero-order chi connectivity index (χ0) is 13.8. The smallest absolute Gasteiger partial charge is 0.0503 e. The lowest BCUT2D eigenvalue weighted by Crippen LogP contribution is -2.10. The van der Waals surface area contributed by atoms with Crippen LogP contribution < -0.4 is 0 Å². The summed E-state index contributed by atoms with van der Waals surface area (Å²) >= 11 is 0. The molecule has 1 unspecified atom stereocenters. The van der Waals surface area contributed by atoms with Crippen molar-refractivity contribution >= 4 is 0 Å². The average Bonchev–Trinajstić information content (AvgIpc) is 2.41. The Balaban J connectivity index is 2.29. The largest absolute Gasteiger partial charge is 0.396 e. The van der Waals surface area contributed by atoms with Gasteiger partial charge in [0.2, 0.25) is 0 Å². The molecular weight excluding hydrogens is 232 g/mol. The molecule has 100 valence electrons. The number of benzene rings is 2. The molecule has 1 nitrogen and oxygen atoms in total. The van der Waals surface area contributed by atoms with Gasteiger partial charge in [-0.2, -0.15) is 0 Å². The molecule has 2 aromatic rings. The first-order valence-corrected chi connectivity index (χ1v) is 6.84. The number of hydrogen-bond donors (Lipinski definition) is 1. The summed E-state index contributed by atoms with van der Waals surface area (Å²) in [7, 11) is 0. The first-order chi connectivity index (χ1) is 9.11. The standard InChI is InChI=1S/C18H22O/c1-13-8-9-14(2)16(10-13)11-17(12-19)18-7-5-4-6-15(18)3/h4-10,17,19H,11-12H2,1-3H3. The summed E-state index contributed by atoms with van der Waals surface area (Å²) in [4.78, 5) is 0. The predicted octanol–water partition coefficient (Wildman–Crippen LogP) is 3.93. The second kappa shape index (κ2) is 6.03. The summed E-state index contributed by atoms with van der Waals surface area (Å²) in [6.45, 7) is 6.56. The van der Waals surface area contributed by atoms with Crippen LogP contribution in [-0.4, -0.2) is 11.7 Å². The molecule has 0 aliphatic heterocycles. The minimum absolute atomic E-state index is 0.182. The van der Waals surface area contributed by atoms with Crippen LogP contribution in [0.25, 0.3) is 0 Å². The Labute approximate surface area is 115 Å². The lowest BCUT2D eigenvalue weighted by Gasteiger charge is -2.18. The summed E-state index contributed by atoms with van der Waals surface area (Å²) in [6.07, 6.45) is 0.898. The fourth-order valence-corrected chi connectivity index (χ4v) is 2.60. The second-order valence-corrected chi connectivity index (χ2v) is 5.37. The maximum absolute atomic E-state index is 9.73. The second-order valence-electron chi connectivity index (χ2n) is 5.37. The lowest BCUT2D eigenvalue weighted by molar-refractivity contribution is 0.264. The van der Waals surface area contributed by atoms with Gasteiger partial charge in [0, 0.05) is 5.92 Å². The monoisotopic (exact) mass is 254 g/mol. The highest BCUT2D eigenvalue weighted by Crippen LogP contribution is 2.25. The Bertz CT molecular complexity index is 557. The van der Waals surface area contributed by atoms with Crippen molar-refractivity contribution in [3.63, 3.8) is 0 Å². The maximum Gasteiger partial charge on any atom is 0.0503 e. The minimum atomic E-state index is 0.182. The molecule has 1 heteroatoms. The Kier molecular flexibility index (Phi) is 4.39. The number of hydrogen-bond acceptors (Lipinski definition) is 1. The van der Waals surface area contributed by atoms with Gasteiger partial charge in [-0.15, -0.1) is 0 Å². The Hall–Kier alpha value is -1.60. The average molecular weight is 254 g/mol. The highest BCUT2D eigenvalue weighted by atomic mass is 16.3. The summed E-state index contributed by atoms with van der Waals surface area (Å²) in [5.74, 6) is 0.182. The van der Waals surface area contributed by atoms with E-state index < -0.39 is 0 Å². The van der Waals surface area contributed by atoms with E-state index in [1.165, 1.54) is 27.8 Å². The molecule has 0 spiro atoms. The van der Waals surface area contributed by atoms with Gasteiger partial charge in [0.05, 0.1) is 6.61 Å². The molecule has 0 fully saturated rings. The Morgan fingerprint density at radius 1 is 0.947 bits per heavy atom.